The van der Waals surface area contributed by atoms with Crippen LogP contribution in [0.25, 0.3) is 0 Å². The van der Waals surface area contributed by atoms with Gasteiger partial charge < -0.3 is 29.4 Å². The third-order valence-corrected chi connectivity index (χ3v) is 4.27. The predicted molar refractivity (Wildman–Crippen MR) is 99.2 cm³/mol. The van der Waals surface area contributed by atoms with E-state index in [0.717, 1.165) is 56.6 Å². The number of aliphatic imine (C=N–C) groups is 1. The van der Waals surface area contributed by atoms with Crippen molar-refractivity contribution in [3.8, 4) is 0 Å². The van der Waals surface area contributed by atoms with Gasteiger partial charge in [0.05, 0.1) is 19.3 Å². The summed E-state index contributed by atoms with van der Waals surface area (Å²) in [6, 6.07) is 0. The molecule has 1 atom stereocenters. The van der Waals surface area contributed by atoms with Gasteiger partial charge in [-0.25, -0.2) is 4.99 Å². The highest BCUT2D eigenvalue weighted by atomic mass is 16.5. The quantitative estimate of drug-likeness (QED) is 0.331. The van der Waals surface area contributed by atoms with Crippen LogP contribution in [0.15, 0.2) is 4.99 Å². The second kappa shape index (κ2) is 11.8. The summed E-state index contributed by atoms with van der Waals surface area (Å²) >= 11 is 0. The van der Waals surface area contributed by atoms with Crippen LogP contribution in [-0.2, 0) is 27.8 Å². The van der Waals surface area contributed by atoms with Crippen molar-refractivity contribution < 1.29 is 14.2 Å². The molecule has 1 aromatic heterocycles. The minimum Gasteiger partial charge on any atom is -0.382 e. The molecule has 0 amide bonds. The first-order chi connectivity index (χ1) is 12.7. The van der Waals surface area contributed by atoms with Gasteiger partial charge in [0.2, 0.25) is 0 Å². The third-order valence-electron chi connectivity index (χ3n) is 4.27. The zero-order chi connectivity index (χ0) is 18.6. The van der Waals surface area contributed by atoms with E-state index >= 15 is 0 Å². The van der Waals surface area contributed by atoms with Crippen molar-refractivity contribution in [3.05, 3.63) is 11.6 Å². The largest absolute Gasteiger partial charge is 0.382 e. The maximum atomic E-state index is 5.67. The molecular formula is C17H32N6O3. The Labute approximate surface area is 155 Å². The van der Waals surface area contributed by atoms with Crippen LogP contribution in [0, 0.1) is 6.92 Å². The summed E-state index contributed by atoms with van der Waals surface area (Å²) in [5.74, 6) is 2.48. The predicted octanol–water partition coefficient (Wildman–Crippen LogP) is 0.391. The molecular weight excluding hydrogens is 336 g/mol. The van der Waals surface area contributed by atoms with E-state index in [0.29, 0.717) is 26.4 Å². The van der Waals surface area contributed by atoms with Crippen LogP contribution in [0.5, 0.6) is 0 Å². The lowest BCUT2D eigenvalue weighted by molar-refractivity contribution is 0.0698. The van der Waals surface area contributed by atoms with E-state index in [1.54, 1.807) is 7.11 Å². The Balaban J connectivity index is 1.78. The molecule has 1 fully saturated rings. The summed E-state index contributed by atoms with van der Waals surface area (Å²) in [5.41, 5.74) is 0. The molecule has 0 spiro atoms. The second-order valence-electron chi connectivity index (χ2n) is 6.29. The van der Waals surface area contributed by atoms with Gasteiger partial charge >= 0.3 is 0 Å². The highest BCUT2D eigenvalue weighted by molar-refractivity contribution is 5.79. The van der Waals surface area contributed by atoms with Crippen molar-refractivity contribution in [1.82, 2.24) is 25.4 Å². The average Bonchev–Trinajstić information content (AvgIpc) is 3.27. The van der Waals surface area contributed by atoms with Crippen molar-refractivity contribution in [2.75, 3.05) is 46.6 Å². The third kappa shape index (κ3) is 7.27. The van der Waals surface area contributed by atoms with E-state index in [4.69, 9.17) is 14.2 Å². The first-order valence-corrected chi connectivity index (χ1v) is 9.26. The molecule has 0 aromatic carbocycles. The van der Waals surface area contributed by atoms with Gasteiger partial charge in [-0.05, 0) is 26.2 Å². The van der Waals surface area contributed by atoms with Gasteiger partial charge in [-0.3, -0.25) is 0 Å². The first kappa shape index (κ1) is 20.6. The van der Waals surface area contributed by atoms with Gasteiger partial charge in [0, 0.05) is 40.5 Å². The van der Waals surface area contributed by atoms with Crippen molar-refractivity contribution in [3.63, 3.8) is 0 Å². The minimum absolute atomic E-state index is 0.261. The molecule has 9 nitrogen and oxygen atoms in total. The Morgan fingerprint density at radius 3 is 2.88 bits per heavy atom. The van der Waals surface area contributed by atoms with E-state index in [-0.39, 0.29) is 6.10 Å². The average molecular weight is 368 g/mol. The van der Waals surface area contributed by atoms with Crippen molar-refractivity contribution in [1.29, 1.82) is 0 Å². The number of guanidine groups is 1. The molecule has 0 aliphatic carbocycles. The summed E-state index contributed by atoms with van der Waals surface area (Å²) in [6.07, 6.45) is 3.38. The zero-order valence-corrected chi connectivity index (χ0v) is 16.2. The molecule has 1 saturated heterocycles. The standard InChI is InChI=1S/C17H32N6O3/c1-14-21-22-16(23(14)2)13-20-17(19-12-15-6-4-9-26-15)18-7-5-8-25-11-10-24-3/h15H,4-13H2,1-3H3,(H2,18,19,20). The monoisotopic (exact) mass is 368 g/mol. The summed E-state index contributed by atoms with van der Waals surface area (Å²) in [5, 5.41) is 14.9. The molecule has 1 aliphatic rings. The number of ether oxygens (including phenoxy) is 3. The lowest BCUT2D eigenvalue weighted by Gasteiger charge is -2.15. The number of nitrogens with zero attached hydrogens (tertiary/aromatic N) is 4. The number of rotatable bonds is 11. The number of hydrogen-bond donors (Lipinski definition) is 2. The van der Waals surface area contributed by atoms with Crippen LogP contribution in [0.3, 0.4) is 0 Å². The van der Waals surface area contributed by atoms with Gasteiger partial charge in [0.15, 0.2) is 11.8 Å². The van der Waals surface area contributed by atoms with Crippen molar-refractivity contribution >= 4 is 5.96 Å². The van der Waals surface area contributed by atoms with Crippen LogP contribution < -0.4 is 10.6 Å². The topological polar surface area (TPSA) is 94.8 Å². The number of aryl methyl sites for hydroxylation is 1. The smallest absolute Gasteiger partial charge is 0.191 e. The minimum atomic E-state index is 0.261. The molecule has 0 radical (unpaired) electrons. The Morgan fingerprint density at radius 1 is 1.31 bits per heavy atom. The number of hydrogen-bond acceptors (Lipinski definition) is 6. The van der Waals surface area contributed by atoms with E-state index in [1.165, 1.54) is 0 Å². The molecule has 1 aromatic rings. The molecule has 0 saturated carbocycles. The van der Waals surface area contributed by atoms with Gasteiger partial charge in [0.1, 0.15) is 12.4 Å². The summed E-state index contributed by atoms with van der Waals surface area (Å²) in [4.78, 5) is 4.63. The fourth-order valence-corrected chi connectivity index (χ4v) is 2.55. The van der Waals surface area contributed by atoms with Crippen molar-refractivity contribution in [2.24, 2.45) is 12.0 Å². The Bertz CT molecular complexity index is 543. The van der Waals surface area contributed by atoms with Crippen LogP contribution in [-0.4, -0.2) is 73.5 Å². The molecule has 2 heterocycles. The molecule has 9 heteroatoms. The van der Waals surface area contributed by atoms with E-state index in [1.807, 2.05) is 18.5 Å². The molecule has 2 N–H and O–H groups in total. The number of methoxy groups -OCH3 is 1. The van der Waals surface area contributed by atoms with E-state index in [2.05, 4.69) is 25.8 Å². The van der Waals surface area contributed by atoms with Gasteiger partial charge in [-0.1, -0.05) is 0 Å². The lowest BCUT2D eigenvalue weighted by Crippen LogP contribution is -2.41. The first-order valence-electron chi connectivity index (χ1n) is 9.26. The second-order valence-corrected chi connectivity index (χ2v) is 6.29. The van der Waals surface area contributed by atoms with Gasteiger partial charge in [-0.2, -0.15) is 0 Å². The normalized spacial score (nSPS) is 17.7. The fraction of sp³-hybridized carbons (Fsp3) is 0.824. The fourth-order valence-electron chi connectivity index (χ4n) is 2.55. The molecule has 26 heavy (non-hydrogen) atoms. The SMILES string of the molecule is COCCOCCCNC(=NCc1nnc(C)n1C)NCC1CCCO1. The molecule has 0 bridgehead atoms. The van der Waals surface area contributed by atoms with Crippen molar-refractivity contribution in [2.45, 2.75) is 38.8 Å². The van der Waals surface area contributed by atoms with Crippen LogP contribution >= 0.6 is 0 Å². The summed E-state index contributed by atoms with van der Waals surface area (Å²) < 4.78 is 18.1. The molecule has 148 valence electrons. The van der Waals surface area contributed by atoms with Crippen LogP contribution in [0.1, 0.15) is 30.9 Å². The Morgan fingerprint density at radius 2 is 2.19 bits per heavy atom. The van der Waals surface area contributed by atoms with Gasteiger partial charge in [-0.15, -0.1) is 10.2 Å². The lowest BCUT2D eigenvalue weighted by atomic mass is 10.2. The maximum absolute atomic E-state index is 5.67. The molecule has 1 unspecified atom stereocenters. The van der Waals surface area contributed by atoms with Crippen LogP contribution in [0.2, 0.25) is 0 Å². The number of aromatic nitrogens is 3. The molecule has 1 aliphatic heterocycles. The summed E-state index contributed by atoms with van der Waals surface area (Å²) in [6.45, 7) is 6.74. The summed E-state index contributed by atoms with van der Waals surface area (Å²) in [7, 11) is 3.62. The Kier molecular flexibility index (Phi) is 9.36. The number of nitrogens with one attached hydrogen (secondary N) is 2. The highest BCUT2D eigenvalue weighted by Crippen LogP contribution is 2.10. The van der Waals surface area contributed by atoms with E-state index in [9.17, 15) is 0 Å². The zero-order valence-electron chi connectivity index (χ0n) is 16.2. The van der Waals surface area contributed by atoms with E-state index < -0.39 is 0 Å². The van der Waals surface area contributed by atoms with Crippen LogP contribution in [0.4, 0.5) is 0 Å². The Hall–Kier alpha value is -1.71. The molecule has 2 rings (SSSR count). The maximum Gasteiger partial charge on any atom is 0.191 e. The highest BCUT2D eigenvalue weighted by Gasteiger charge is 2.15. The van der Waals surface area contributed by atoms with Gasteiger partial charge in [0.25, 0.3) is 0 Å².